The van der Waals surface area contributed by atoms with Gasteiger partial charge in [0.15, 0.2) is 0 Å². The van der Waals surface area contributed by atoms with Gasteiger partial charge in [0.05, 0.1) is 5.75 Å². The summed E-state index contributed by atoms with van der Waals surface area (Å²) in [6, 6.07) is 0. The molecular formula is C9H14N4O2S. The Morgan fingerprint density at radius 3 is 2.88 bits per heavy atom. The van der Waals surface area contributed by atoms with Crippen LogP contribution in [-0.4, -0.2) is 52.9 Å². The molecule has 1 aromatic heterocycles. The smallest absolute Gasteiger partial charge is 0.277 e. The van der Waals surface area contributed by atoms with Gasteiger partial charge in [-0.25, -0.2) is 0 Å². The van der Waals surface area contributed by atoms with Crippen LogP contribution in [0.1, 0.15) is 5.89 Å². The molecule has 0 radical (unpaired) electrons. The zero-order valence-electron chi connectivity index (χ0n) is 9.10. The van der Waals surface area contributed by atoms with E-state index in [4.69, 9.17) is 4.42 Å². The number of nitrogens with zero attached hydrogens (tertiary/aromatic N) is 3. The van der Waals surface area contributed by atoms with Gasteiger partial charge in [0.1, 0.15) is 0 Å². The first-order chi connectivity index (χ1) is 7.75. The van der Waals surface area contributed by atoms with Crippen molar-refractivity contribution in [2.24, 2.45) is 0 Å². The minimum atomic E-state index is 0.127. The molecule has 2 heterocycles. The summed E-state index contributed by atoms with van der Waals surface area (Å²) in [7, 11) is 0. The number of amides is 1. The van der Waals surface area contributed by atoms with E-state index < -0.39 is 0 Å². The second kappa shape index (κ2) is 5.31. The van der Waals surface area contributed by atoms with Gasteiger partial charge in [-0.3, -0.25) is 4.79 Å². The van der Waals surface area contributed by atoms with Crippen LogP contribution in [0.3, 0.4) is 0 Å². The Balaban J connectivity index is 1.78. The van der Waals surface area contributed by atoms with E-state index in [-0.39, 0.29) is 5.91 Å². The lowest BCUT2D eigenvalue weighted by Crippen LogP contribution is -2.47. The molecule has 1 saturated heterocycles. The number of carbonyl (C=O) groups is 1. The summed E-state index contributed by atoms with van der Waals surface area (Å²) in [5, 5.41) is 11.2. The van der Waals surface area contributed by atoms with Crippen molar-refractivity contribution in [3.05, 3.63) is 5.89 Å². The van der Waals surface area contributed by atoms with E-state index in [0.29, 0.717) is 16.9 Å². The monoisotopic (exact) mass is 242 g/mol. The number of aromatic nitrogens is 2. The predicted molar refractivity (Wildman–Crippen MR) is 59.2 cm³/mol. The van der Waals surface area contributed by atoms with E-state index in [1.54, 1.807) is 6.92 Å². The van der Waals surface area contributed by atoms with Crippen LogP contribution in [0.4, 0.5) is 0 Å². The van der Waals surface area contributed by atoms with E-state index in [1.807, 2.05) is 4.90 Å². The molecule has 16 heavy (non-hydrogen) atoms. The molecule has 6 nitrogen and oxygen atoms in total. The normalized spacial score (nSPS) is 16.4. The van der Waals surface area contributed by atoms with Crippen molar-refractivity contribution in [3.8, 4) is 0 Å². The van der Waals surface area contributed by atoms with E-state index in [1.165, 1.54) is 11.8 Å². The van der Waals surface area contributed by atoms with E-state index >= 15 is 0 Å². The number of aryl methyl sites for hydroxylation is 1. The Labute approximate surface area is 97.8 Å². The zero-order chi connectivity index (χ0) is 11.4. The first kappa shape index (κ1) is 11.4. The highest BCUT2D eigenvalue weighted by atomic mass is 32.2. The van der Waals surface area contributed by atoms with Gasteiger partial charge in [-0.2, -0.15) is 0 Å². The van der Waals surface area contributed by atoms with E-state index in [9.17, 15) is 4.79 Å². The van der Waals surface area contributed by atoms with Gasteiger partial charge in [-0.05, 0) is 0 Å². The zero-order valence-corrected chi connectivity index (χ0v) is 9.92. The summed E-state index contributed by atoms with van der Waals surface area (Å²) >= 11 is 1.29. The SMILES string of the molecule is Cc1nnc(SCC(=O)N2CCNCC2)o1. The average Bonchev–Trinajstić information content (AvgIpc) is 2.73. The summed E-state index contributed by atoms with van der Waals surface area (Å²) in [4.78, 5) is 13.6. The Morgan fingerprint density at radius 2 is 2.25 bits per heavy atom. The van der Waals surface area contributed by atoms with Crippen LogP contribution in [0, 0.1) is 6.92 Å². The highest BCUT2D eigenvalue weighted by molar-refractivity contribution is 7.99. The fourth-order valence-electron chi connectivity index (χ4n) is 1.47. The van der Waals surface area contributed by atoms with E-state index in [2.05, 4.69) is 15.5 Å². The van der Waals surface area contributed by atoms with Gasteiger partial charge >= 0.3 is 0 Å². The van der Waals surface area contributed by atoms with Crippen LogP contribution in [0.5, 0.6) is 0 Å². The number of hydrogen-bond acceptors (Lipinski definition) is 6. The number of hydrogen-bond donors (Lipinski definition) is 1. The highest BCUT2D eigenvalue weighted by Crippen LogP contribution is 2.16. The molecule has 88 valence electrons. The standard InChI is InChI=1S/C9H14N4O2S/c1-7-11-12-9(15-7)16-6-8(14)13-4-2-10-3-5-13/h10H,2-6H2,1H3. The second-order valence-corrected chi connectivity index (χ2v) is 4.43. The van der Waals surface area contributed by atoms with Gasteiger partial charge in [-0.15, -0.1) is 10.2 Å². The third kappa shape index (κ3) is 2.96. The molecule has 1 aliphatic rings. The van der Waals surface area contributed by atoms with Gasteiger partial charge in [0.25, 0.3) is 5.22 Å². The number of nitrogens with one attached hydrogen (secondary N) is 1. The third-order valence-electron chi connectivity index (χ3n) is 2.30. The minimum Gasteiger partial charge on any atom is -0.416 e. The molecule has 0 aliphatic carbocycles. The summed E-state index contributed by atoms with van der Waals surface area (Å²) in [6.45, 7) is 5.03. The van der Waals surface area contributed by atoms with Gasteiger partial charge in [0.2, 0.25) is 11.8 Å². The van der Waals surface area contributed by atoms with Gasteiger partial charge < -0.3 is 14.6 Å². The fourth-order valence-corrected chi connectivity index (χ4v) is 2.17. The van der Waals surface area contributed by atoms with Crippen LogP contribution in [-0.2, 0) is 4.79 Å². The maximum atomic E-state index is 11.8. The molecule has 1 fully saturated rings. The van der Waals surface area contributed by atoms with Crippen molar-refractivity contribution >= 4 is 17.7 Å². The first-order valence-electron chi connectivity index (χ1n) is 5.17. The molecule has 2 rings (SSSR count). The molecule has 0 bridgehead atoms. The summed E-state index contributed by atoms with van der Waals surface area (Å²) in [5.41, 5.74) is 0. The Kier molecular flexibility index (Phi) is 3.79. The lowest BCUT2D eigenvalue weighted by atomic mass is 10.3. The number of rotatable bonds is 3. The second-order valence-electron chi connectivity index (χ2n) is 3.51. The number of carbonyl (C=O) groups excluding carboxylic acids is 1. The van der Waals surface area contributed by atoms with Crippen molar-refractivity contribution in [2.75, 3.05) is 31.9 Å². The minimum absolute atomic E-state index is 0.127. The van der Waals surface area contributed by atoms with Crippen LogP contribution < -0.4 is 5.32 Å². The third-order valence-corrected chi connectivity index (χ3v) is 3.10. The molecule has 0 unspecified atom stereocenters. The lowest BCUT2D eigenvalue weighted by molar-refractivity contribution is -0.128. The number of piperazine rings is 1. The van der Waals surface area contributed by atoms with Crippen LogP contribution in [0.2, 0.25) is 0 Å². The lowest BCUT2D eigenvalue weighted by Gasteiger charge is -2.27. The molecule has 0 aromatic carbocycles. The predicted octanol–water partition coefficient (Wildman–Crippen LogP) is -0.0981. The molecule has 1 N–H and O–H groups in total. The van der Waals surface area contributed by atoms with Crippen LogP contribution in [0.25, 0.3) is 0 Å². The largest absolute Gasteiger partial charge is 0.416 e. The molecule has 1 aliphatic heterocycles. The molecular weight excluding hydrogens is 228 g/mol. The Hall–Kier alpha value is -1.08. The van der Waals surface area contributed by atoms with Crippen LogP contribution >= 0.6 is 11.8 Å². The van der Waals surface area contributed by atoms with Crippen molar-refractivity contribution in [3.63, 3.8) is 0 Å². The highest BCUT2D eigenvalue weighted by Gasteiger charge is 2.17. The number of thioether (sulfide) groups is 1. The van der Waals surface area contributed by atoms with Gasteiger partial charge in [0, 0.05) is 33.1 Å². The fraction of sp³-hybridized carbons (Fsp3) is 0.667. The van der Waals surface area contributed by atoms with Crippen LogP contribution in [0.15, 0.2) is 9.64 Å². The summed E-state index contributed by atoms with van der Waals surface area (Å²) in [6.07, 6.45) is 0. The van der Waals surface area contributed by atoms with Gasteiger partial charge in [-0.1, -0.05) is 11.8 Å². The summed E-state index contributed by atoms with van der Waals surface area (Å²) in [5.74, 6) is 1.02. The maximum Gasteiger partial charge on any atom is 0.277 e. The summed E-state index contributed by atoms with van der Waals surface area (Å²) < 4.78 is 5.18. The molecule has 0 saturated carbocycles. The molecule has 1 amide bonds. The topological polar surface area (TPSA) is 71.3 Å². The Bertz CT molecular complexity index is 362. The molecule has 0 spiro atoms. The molecule has 0 atom stereocenters. The first-order valence-corrected chi connectivity index (χ1v) is 6.15. The van der Waals surface area contributed by atoms with Crippen molar-refractivity contribution in [2.45, 2.75) is 12.1 Å². The van der Waals surface area contributed by atoms with E-state index in [0.717, 1.165) is 26.2 Å². The van der Waals surface area contributed by atoms with Crippen molar-refractivity contribution in [1.29, 1.82) is 0 Å². The molecule has 7 heteroatoms. The average molecular weight is 242 g/mol. The Morgan fingerprint density at radius 1 is 1.50 bits per heavy atom. The maximum absolute atomic E-state index is 11.8. The molecule has 1 aromatic rings. The quantitative estimate of drug-likeness (QED) is 0.746. The van der Waals surface area contributed by atoms with Crippen molar-refractivity contribution < 1.29 is 9.21 Å². The van der Waals surface area contributed by atoms with Crippen molar-refractivity contribution in [1.82, 2.24) is 20.4 Å².